The lowest BCUT2D eigenvalue weighted by atomic mass is 9.96. The number of nitrogens with one attached hydrogen (secondary N) is 1. The van der Waals surface area contributed by atoms with Gasteiger partial charge in [-0.1, -0.05) is 31.4 Å². The summed E-state index contributed by atoms with van der Waals surface area (Å²) in [7, 11) is -2.00. The SMILES string of the molecule is CN(C1CCCCC1)S(=O)(=O)c1ccccc1NC(=O)CS. The van der Waals surface area contributed by atoms with Crippen LogP contribution in [-0.4, -0.2) is 37.5 Å². The van der Waals surface area contributed by atoms with E-state index in [1.54, 1.807) is 25.2 Å². The van der Waals surface area contributed by atoms with Gasteiger partial charge in [-0.05, 0) is 25.0 Å². The molecule has 0 spiro atoms. The van der Waals surface area contributed by atoms with E-state index in [0.29, 0.717) is 5.69 Å². The second kappa shape index (κ2) is 7.48. The van der Waals surface area contributed by atoms with Crippen molar-refractivity contribution in [2.24, 2.45) is 0 Å². The Hall–Kier alpha value is -1.05. The van der Waals surface area contributed by atoms with Gasteiger partial charge in [-0.25, -0.2) is 8.42 Å². The highest BCUT2D eigenvalue weighted by molar-refractivity contribution is 7.89. The lowest BCUT2D eigenvalue weighted by molar-refractivity contribution is -0.113. The minimum Gasteiger partial charge on any atom is -0.324 e. The molecule has 1 N–H and O–H groups in total. The average Bonchev–Trinajstić information content (AvgIpc) is 2.55. The number of carbonyl (C=O) groups is 1. The summed E-state index contributed by atoms with van der Waals surface area (Å²) in [5.41, 5.74) is 0.309. The molecule has 0 heterocycles. The Bertz CT molecular complexity index is 625. The van der Waals surface area contributed by atoms with E-state index in [1.165, 1.54) is 16.8 Å². The topological polar surface area (TPSA) is 66.5 Å². The minimum atomic E-state index is -3.63. The number of carbonyl (C=O) groups excluding carboxylic acids is 1. The maximum atomic E-state index is 12.9. The average molecular weight is 342 g/mol. The predicted molar refractivity (Wildman–Crippen MR) is 90.7 cm³/mol. The highest BCUT2D eigenvalue weighted by Crippen LogP contribution is 2.29. The molecule has 1 aromatic carbocycles. The maximum absolute atomic E-state index is 12.9. The fraction of sp³-hybridized carbons (Fsp3) is 0.533. The molecule has 1 fully saturated rings. The van der Waals surface area contributed by atoms with Crippen LogP contribution in [0.1, 0.15) is 32.1 Å². The second-order valence-corrected chi connectivity index (χ2v) is 7.80. The summed E-state index contributed by atoms with van der Waals surface area (Å²) >= 11 is 3.90. The van der Waals surface area contributed by atoms with Gasteiger partial charge in [-0.15, -0.1) is 0 Å². The number of anilines is 1. The van der Waals surface area contributed by atoms with E-state index in [-0.39, 0.29) is 22.6 Å². The van der Waals surface area contributed by atoms with Gasteiger partial charge in [0.15, 0.2) is 0 Å². The molecule has 1 aliphatic rings. The first kappa shape index (κ1) is 17.3. The quantitative estimate of drug-likeness (QED) is 0.808. The van der Waals surface area contributed by atoms with Crippen LogP contribution in [0.15, 0.2) is 29.2 Å². The fourth-order valence-corrected chi connectivity index (χ4v) is 4.42. The van der Waals surface area contributed by atoms with Gasteiger partial charge in [0.05, 0.1) is 11.4 Å². The standard InChI is InChI=1S/C15H22N2O3S2/c1-17(12-7-3-2-4-8-12)22(19,20)14-10-6-5-9-13(14)16-15(18)11-21/h5-6,9-10,12,21H,2-4,7-8,11H2,1H3,(H,16,18). The molecule has 7 heteroatoms. The van der Waals surface area contributed by atoms with E-state index in [2.05, 4.69) is 17.9 Å². The Morgan fingerprint density at radius 1 is 1.27 bits per heavy atom. The molecule has 122 valence electrons. The molecule has 1 amide bonds. The van der Waals surface area contributed by atoms with Crippen LogP contribution in [0.4, 0.5) is 5.69 Å². The van der Waals surface area contributed by atoms with Crippen LogP contribution < -0.4 is 5.32 Å². The van der Waals surface area contributed by atoms with Crippen LogP contribution in [0.3, 0.4) is 0 Å². The number of rotatable bonds is 5. The smallest absolute Gasteiger partial charge is 0.245 e. The van der Waals surface area contributed by atoms with E-state index in [4.69, 9.17) is 0 Å². The summed E-state index contributed by atoms with van der Waals surface area (Å²) in [5, 5.41) is 2.60. The van der Waals surface area contributed by atoms with Gasteiger partial charge in [-0.3, -0.25) is 4.79 Å². The van der Waals surface area contributed by atoms with Crippen molar-refractivity contribution in [3.63, 3.8) is 0 Å². The number of benzene rings is 1. The van der Waals surface area contributed by atoms with Crippen molar-refractivity contribution in [2.45, 2.75) is 43.0 Å². The zero-order chi connectivity index (χ0) is 16.2. The van der Waals surface area contributed by atoms with E-state index in [1.807, 2.05) is 0 Å². The number of amides is 1. The van der Waals surface area contributed by atoms with Crippen LogP contribution in [0, 0.1) is 0 Å². The summed E-state index contributed by atoms with van der Waals surface area (Å²) in [4.78, 5) is 11.7. The van der Waals surface area contributed by atoms with Crippen molar-refractivity contribution >= 4 is 34.2 Å². The van der Waals surface area contributed by atoms with Crippen molar-refractivity contribution in [2.75, 3.05) is 18.1 Å². The summed E-state index contributed by atoms with van der Waals surface area (Å²) in [6.45, 7) is 0. The third-order valence-corrected chi connectivity index (χ3v) is 6.31. The van der Waals surface area contributed by atoms with E-state index in [0.717, 1.165) is 25.7 Å². The van der Waals surface area contributed by atoms with Crippen molar-refractivity contribution in [3.8, 4) is 0 Å². The summed E-state index contributed by atoms with van der Waals surface area (Å²) in [6, 6.07) is 6.53. The van der Waals surface area contributed by atoms with Crippen LogP contribution in [0.2, 0.25) is 0 Å². The van der Waals surface area contributed by atoms with Crippen LogP contribution in [0.25, 0.3) is 0 Å². The van der Waals surface area contributed by atoms with Crippen molar-refractivity contribution in [1.82, 2.24) is 4.31 Å². The second-order valence-electron chi connectivity index (χ2n) is 5.52. The van der Waals surface area contributed by atoms with Gasteiger partial charge in [-0.2, -0.15) is 16.9 Å². The van der Waals surface area contributed by atoms with Crippen molar-refractivity contribution < 1.29 is 13.2 Å². The van der Waals surface area contributed by atoms with Gasteiger partial charge in [0.2, 0.25) is 15.9 Å². The first-order chi connectivity index (χ1) is 10.5. The largest absolute Gasteiger partial charge is 0.324 e. The van der Waals surface area contributed by atoms with E-state index >= 15 is 0 Å². The summed E-state index contributed by atoms with van der Waals surface area (Å²) in [5.74, 6) is -0.321. The highest BCUT2D eigenvalue weighted by Gasteiger charge is 2.30. The van der Waals surface area contributed by atoms with Gasteiger partial charge in [0.25, 0.3) is 0 Å². The lowest BCUT2D eigenvalue weighted by Crippen LogP contribution is -2.38. The van der Waals surface area contributed by atoms with E-state index < -0.39 is 10.0 Å². The Balaban J connectivity index is 2.30. The van der Waals surface area contributed by atoms with Crippen LogP contribution in [-0.2, 0) is 14.8 Å². The number of nitrogens with zero attached hydrogens (tertiary/aromatic N) is 1. The summed E-state index contributed by atoms with van der Waals surface area (Å²) in [6.07, 6.45) is 5.06. The highest BCUT2D eigenvalue weighted by atomic mass is 32.2. The molecule has 0 unspecified atom stereocenters. The molecule has 0 aliphatic heterocycles. The van der Waals surface area contributed by atoms with Crippen LogP contribution >= 0.6 is 12.6 Å². The summed E-state index contributed by atoms with van der Waals surface area (Å²) < 4.78 is 27.2. The zero-order valence-electron chi connectivity index (χ0n) is 12.7. The van der Waals surface area contributed by atoms with Gasteiger partial charge < -0.3 is 5.32 Å². The number of hydrogen-bond donors (Lipinski definition) is 2. The van der Waals surface area contributed by atoms with Crippen molar-refractivity contribution in [3.05, 3.63) is 24.3 Å². The normalized spacial score (nSPS) is 16.7. The molecule has 1 saturated carbocycles. The molecule has 0 saturated heterocycles. The lowest BCUT2D eigenvalue weighted by Gasteiger charge is -2.30. The number of para-hydroxylation sites is 1. The first-order valence-corrected chi connectivity index (χ1v) is 9.52. The number of hydrogen-bond acceptors (Lipinski definition) is 4. The molecule has 22 heavy (non-hydrogen) atoms. The van der Waals surface area contributed by atoms with Crippen LogP contribution in [0.5, 0.6) is 0 Å². The Morgan fingerprint density at radius 3 is 2.55 bits per heavy atom. The van der Waals surface area contributed by atoms with Crippen molar-refractivity contribution in [1.29, 1.82) is 0 Å². The third-order valence-electron chi connectivity index (χ3n) is 4.05. The molecule has 2 rings (SSSR count). The molecule has 1 aliphatic carbocycles. The zero-order valence-corrected chi connectivity index (χ0v) is 14.4. The minimum absolute atomic E-state index is 0.00679. The molecule has 0 aromatic heterocycles. The third kappa shape index (κ3) is 3.83. The molecule has 1 aromatic rings. The maximum Gasteiger partial charge on any atom is 0.245 e. The predicted octanol–water partition coefficient (Wildman–Crippen LogP) is 2.51. The van der Waals surface area contributed by atoms with Gasteiger partial charge in [0.1, 0.15) is 4.90 Å². The first-order valence-electron chi connectivity index (χ1n) is 7.44. The molecule has 0 radical (unpaired) electrons. The molecule has 5 nitrogen and oxygen atoms in total. The fourth-order valence-electron chi connectivity index (χ4n) is 2.78. The molecule has 0 atom stereocenters. The molecular formula is C15H22N2O3S2. The number of thiol groups is 1. The van der Waals surface area contributed by atoms with E-state index in [9.17, 15) is 13.2 Å². The Labute approximate surface area is 137 Å². The van der Waals surface area contributed by atoms with Gasteiger partial charge >= 0.3 is 0 Å². The Morgan fingerprint density at radius 2 is 1.91 bits per heavy atom. The molecular weight excluding hydrogens is 320 g/mol. The monoisotopic (exact) mass is 342 g/mol. The molecule has 0 bridgehead atoms. The number of sulfonamides is 1. The Kier molecular flexibility index (Phi) is 5.88. The van der Waals surface area contributed by atoms with Gasteiger partial charge in [0, 0.05) is 13.1 Å².